The molecule has 0 aliphatic heterocycles. The monoisotopic (exact) mass is 229 g/mol. The Morgan fingerprint density at radius 1 is 1.40 bits per heavy atom. The van der Waals surface area contributed by atoms with Gasteiger partial charge in [-0.05, 0) is 24.3 Å². The van der Waals surface area contributed by atoms with Gasteiger partial charge in [-0.2, -0.15) is 17.2 Å². The summed E-state index contributed by atoms with van der Waals surface area (Å²) in [4.78, 5) is 5.25. The molecule has 3 nitrogen and oxygen atoms in total. The molecule has 0 bridgehead atoms. The van der Waals surface area contributed by atoms with Gasteiger partial charge in [0.2, 0.25) is 0 Å². The van der Waals surface area contributed by atoms with Crippen LogP contribution in [0.1, 0.15) is 25.4 Å². The summed E-state index contributed by atoms with van der Waals surface area (Å²) in [6.45, 7) is 5.58. The second-order valence-electron chi connectivity index (χ2n) is 3.83. The second-order valence-corrected chi connectivity index (χ2v) is 4.69. The quantitative estimate of drug-likeness (QED) is 0.576. The summed E-state index contributed by atoms with van der Waals surface area (Å²) in [7, 11) is 0. The first kappa shape index (κ1) is 12.6. The zero-order valence-corrected chi connectivity index (χ0v) is 10.4. The number of nitrogens with one attached hydrogen (secondary N) is 1. The lowest BCUT2D eigenvalue weighted by molar-refractivity contribution is 0.0164. The Balaban J connectivity index is 2.19. The Morgan fingerprint density at radius 2 is 2.13 bits per heavy atom. The maximum absolute atomic E-state index is 5.57. The van der Waals surface area contributed by atoms with Crippen LogP contribution in [0.3, 0.4) is 0 Å². The minimum absolute atomic E-state index is 0.543. The lowest BCUT2D eigenvalue weighted by atomic mass is 10.2. The summed E-state index contributed by atoms with van der Waals surface area (Å²) < 4.78 is 5.57. The van der Waals surface area contributed by atoms with Gasteiger partial charge in [0.05, 0.1) is 18.9 Å². The highest BCUT2D eigenvalue weighted by molar-refractivity contribution is 7.97. The van der Waals surface area contributed by atoms with Gasteiger partial charge in [0.25, 0.3) is 0 Å². The van der Waals surface area contributed by atoms with Crippen molar-refractivity contribution in [1.29, 1.82) is 0 Å². The first-order chi connectivity index (χ1) is 7.22. The number of rotatable bonds is 7. The first-order valence-corrected chi connectivity index (χ1v) is 6.53. The van der Waals surface area contributed by atoms with E-state index < -0.39 is 0 Å². The van der Waals surface area contributed by atoms with Gasteiger partial charge in [-0.25, -0.2) is 0 Å². The predicted octanol–water partition coefficient (Wildman–Crippen LogP) is 2.82. The first-order valence-electron chi connectivity index (χ1n) is 5.13. The molecule has 1 aromatic rings. The largest absolute Gasteiger partial charge is 0.464 e. The molecule has 1 N–H and O–H groups in total. The molecule has 0 fully saturated rings. The smallest absolute Gasteiger partial charge is 0.120 e. The zero-order valence-electron chi connectivity index (χ0n) is 9.58. The Hall–Kier alpha value is -0.450. The molecule has 1 aromatic heterocycles. The van der Waals surface area contributed by atoms with Crippen LogP contribution in [0.4, 0.5) is 0 Å². The van der Waals surface area contributed by atoms with E-state index in [0.29, 0.717) is 12.5 Å². The summed E-state index contributed by atoms with van der Waals surface area (Å²) in [5, 5.41) is 0. The molecule has 0 amide bonds. The summed E-state index contributed by atoms with van der Waals surface area (Å²) in [5.74, 6) is 3.40. The molecule has 0 unspecified atom stereocenters. The average Bonchev–Trinajstić information content (AvgIpc) is 2.61. The highest BCUT2D eigenvalue weighted by atomic mass is 32.2. The molecule has 0 spiro atoms. The van der Waals surface area contributed by atoms with Crippen molar-refractivity contribution in [2.75, 3.05) is 12.9 Å². The third-order valence-corrected chi connectivity index (χ3v) is 2.34. The van der Waals surface area contributed by atoms with E-state index in [0.717, 1.165) is 23.9 Å². The topological polar surface area (TPSA) is 34.4 Å². The van der Waals surface area contributed by atoms with E-state index in [4.69, 9.17) is 9.25 Å². The molecule has 1 heterocycles. The van der Waals surface area contributed by atoms with E-state index in [9.17, 15) is 0 Å². The van der Waals surface area contributed by atoms with E-state index >= 15 is 0 Å². The van der Waals surface area contributed by atoms with Gasteiger partial charge >= 0.3 is 0 Å². The molecule has 0 aliphatic rings. The van der Waals surface area contributed by atoms with Gasteiger partial charge in [0, 0.05) is 0 Å². The number of thioether (sulfide) groups is 1. The maximum atomic E-state index is 5.57. The van der Waals surface area contributed by atoms with Gasteiger partial charge in [-0.3, -0.25) is 0 Å². The number of furan rings is 1. The third kappa shape index (κ3) is 5.25. The number of hydrogen-bond donors (Lipinski definition) is 1. The van der Waals surface area contributed by atoms with Gasteiger partial charge in [-0.1, -0.05) is 13.8 Å². The van der Waals surface area contributed by atoms with E-state index in [1.165, 1.54) is 0 Å². The fraction of sp³-hybridized carbons (Fsp3) is 0.636. The fourth-order valence-electron chi connectivity index (χ4n) is 1.08. The fourth-order valence-corrected chi connectivity index (χ4v) is 1.52. The third-order valence-electron chi connectivity index (χ3n) is 1.77. The summed E-state index contributed by atoms with van der Waals surface area (Å²) in [5.41, 5.74) is 2.89. The summed E-state index contributed by atoms with van der Waals surface area (Å²) in [6.07, 6.45) is 2.06. The van der Waals surface area contributed by atoms with Gasteiger partial charge in [0.15, 0.2) is 0 Å². The minimum atomic E-state index is 0.543. The van der Waals surface area contributed by atoms with Crippen LogP contribution in [0.2, 0.25) is 0 Å². The molecule has 0 aliphatic carbocycles. The highest BCUT2D eigenvalue weighted by Crippen LogP contribution is 2.13. The van der Waals surface area contributed by atoms with Gasteiger partial charge < -0.3 is 9.25 Å². The molecular formula is C11H19NO2S. The SMILES string of the molecule is CSCc1ccc(CNOCC(C)C)o1. The van der Waals surface area contributed by atoms with Crippen molar-refractivity contribution in [3.8, 4) is 0 Å². The molecule has 86 valence electrons. The molecule has 0 atom stereocenters. The lowest BCUT2D eigenvalue weighted by Gasteiger charge is -2.06. The van der Waals surface area contributed by atoms with E-state index in [2.05, 4.69) is 25.6 Å². The zero-order chi connectivity index (χ0) is 11.1. The Bertz CT molecular complexity index is 273. The second kappa shape index (κ2) is 6.93. The van der Waals surface area contributed by atoms with E-state index in [1.54, 1.807) is 11.8 Å². The number of hydroxylamine groups is 1. The minimum Gasteiger partial charge on any atom is -0.464 e. The van der Waals surface area contributed by atoms with Crippen molar-refractivity contribution >= 4 is 11.8 Å². The van der Waals surface area contributed by atoms with Crippen LogP contribution in [0.25, 0.3) is 0 Å². The van der Waals surface area contributed by atoms with Crippen LogP contribution >= 0.6 is 11.8 Å². The predicted molar refractivity (Wildman–Crippen MR) is 63.6 cm³/mol. The Morgan fingerprint density at radius 3 is 2.80 bits per heavy atom. The van der Waals surface area contributed by atoms with Crippen molar-refractivity contribution in [2.45, 2.75) is 26.1 Å². The molecule has 0 saturated heterocycles. The molecule has 0 saturated carbocycles. The van der Waals surface area contributed by atoms with Crippen molar-refractivity contribution in [2.24, 2.45) is 5.92 Å². The summed E-state index contributed by atoms with van der Waals surface area (Å²) >= 11 is 1.75. The molecule has 1 rings (SSSR count). The van der Waals surface area contributed by atoms with Gasteiger partial charge in [0.1, 0.15) is 11.5 Å². The molecule has 15 heavy (non-hydrogen) atoms. The van der Waals surface area contributed by atoms with Crippen molar-refractivity contribution in [3.63, 3.8) is 0 Å². The van der Waals surface area contributed by atoms with Crippen LogP contribution in [0.15, 0.2) is 16.5 Å². The average molecular weight is 229 g/mol. The van der Waals surface area contributed by atoms with Crippen LogP contribution in [0, 0.1) is 5.92 Å². The van der Waals surface area contributed by atoms with Crippen LogP contribution in [-0.4, -0.2) is 12.9 Å². The van der Waals surface area contributed by atoms with Crippen LogP contribution in [-0.2, 0) is 17.1 Å². The van der Waals surface area contributed by atoms with Crippen LogP contribution in [0.5, 0.6) is 0 Å². The van der Waals surface area contributed by atoms with Gasteiger partial charge in [-0.15, -0.1) is 0 Å². The van der Waals surface area contributed by atoms with Crippen molar-refractivity contribution in [1.82, 2.24) is 5.48 Å². The lowest BCUT2D eigenvalue weighted by Crippen LogP contribution is -2.16. The molecule has 0 radical (unpaired) electrons. The molecule has 0 aromatic carbocycles. The Kier molecular flexibility index (Phi) is 5.83. The number of hydrogen-bond acceptors (Lipinski definition) is 4. The normalized spacial score (nSPS) is 11.2. The highest BCUT2D eigenvalue weighted by Gasteiger charge is 2.01. The Labute approximate surface area is 95.5 Å². The standard InChI is InChI=1S/C11H19NO2S/c1-9(2)7-13-12-6-10-4-5-11(14-10)8-15-3/h4-5,9,12H,6-8H2,1-3H3. The van der Waals surface area contributed by atoms with Crippen molar-refractivity contribution < 1.29 is 9.25 Å². The molecular weight excluding hydrogens is 210 g/mol. The maximum Gasteiger partial charge on any atom is 0.120 e. The molecule has 4 heteroatoms. The van der Waals surface area contributed by atoms with E-state index in [-0.39, 0.29) is 0 Å². The van der Waals surface area contributed by atoms with E-state index in [1.807, 2.05) is 12.1 Å². The summed E-state index contributed by atoms with van der Waals surface area (Å²) in [6, 6.07) is 3.99. The van der Waals surface area contributed by atoms with Crippen molar-refractivity contribution in [3.05, 3.63) is 23.7 Å². The van der Waals surface area contributed by atoms with Crippen LogP contribution < -0.4 is 5.48 Å².